The maximum atomic E-state index is 11.9. The molecule has 0 aliphatic carbocycles. The number of fused-ring (bicyclic) bond motifs is 1. The zero-order valence-corrected chi connectivity index (χ0v) is 13.3. The van der Waals surface area contributed by atoms with Crippen LogP contribution < -0.4 is 5.32 Å². The summed E-state index contributed by atoms with van der Waals surface area (Å²) in [6.07, 6.45) is 0.0364. The SMILES string of the molecule is CNC(=O)COC(=O)N1CCC(O)(n2nnc3ccccc32)CC1. The highest BCUT2D eigenvalue weighted by Gasteiger charge is 2.38. The van der Waals surface area contributed by atoms with Crippen LogP contribution in [0.3, 0.4) is 0 Å². The van der Waals surface area contributed by atoms with Crippen molar-refractivity contribution in [2.45, 2.75) is 18.6 Å². The third kappa shape index (κ3) is 3.02. The second kappa shape index (κ2) is 6.44. The summed E-state index contributed by atoms with van der Waals surface area (Å²) in [4.78, 5) is 24.5. The number of rotatable bonds is 3. The number of nitrogens with one attached hydrogen (secondary N) is 1. The lowest BCUT2D eigenvalue weighted by Crippen LogP contribution is -2.49. The van der Waals surface area contributed by atoms with E-state index in [2.05, 4.69) is 15.6 Å². The van der Waals surface area contributed by atoms with E-state index in [-0.39, 0.29) is 12.5 Å². The van der Waals surface area contributed by atoms with Gasteiger partial charge in [0, 0.05) is 33.0 Å². The molecule has 1 fully saturated rings. The lowest BCUT2D eigenvalue weighted by Gasteiger charge is -2.37. The van der Waals surface area contributed by atoms with Gasteiger partial charge in [0.2, 0.25) is 0 Å². The molecule has 1 aliphatic rings. The molecule has 1 saturated heterocycles. The first-order valence-corrected chi connectivity index (χ1v) is 7.69. The van der Waals surface area contributed by atoms with Gasteiger partial charge in [-0.05, 0) is 12.1 Å². The zero-order valence-electron chi connectivity index (χ0n) is 13.3. The number of para-hydroxylation sites is 1. The summed E-state index contributed by atoms with van der Waals surface area (Å²) in [6, 6.07) is 7.39. The monoisotopic (exact) mass is 333 g/mol. The van der Waals surface area contributed by atoms with Crippen molar-refractivity contribution in [2.75, 3.05) is 26.7 Å². The lowest BCUT2D eigenvalue weighted by atomic mass is 10.0. The van der Waals surface area contributed by atoms with Gasteiger partial charge in [0.05, 0.1) is 5.52 Å². The first-order chi connectivity index (χ1) is 11.5. The largest absolute Gasteiger partial charge is 0.439 e. The summed E-state index contributed by atoms with van der Waals surface area (Å²) in [5.41, 5.74) is 0.252. The molecule has 0 unspecified atom stereocenters. The van der Waals surface area contributed by atoms with Crippen LogP contribution in [-0.4, -0.2) is 63.7 Å². The van der Waals surface area contributed by atoms with E-state index in [0.29, 0.717) is 31.4 Å². The lowest BCUT2D eigenvalue weighted by molar-refractivity contribution is -0.124. The van der Waals surface area contributed by atoms with Gasteiger partial charge in [-0.3, -0.25) is 4.79 Å². The first kappa shape index (κ1) is 16.2. The number of aliphatic hydroxyl groups is 1. The molecule has 0 radical (unpaired) electrons. The van der Waals surface area contributed by atoms with Crippen molar-refractivity contribution in [2.24, 2.45) is 0 Å². The predicted molar refractivity (Wildman–Crippen MR) is 83.9 cm³/mol. The fourth-order valence-corrected chi connectivity index (χ4v) is 2.73. The van der Waals surface area contributed by atoms with Crippen LogP contribution in [0.5, 0.6) is 0 Å². The molecule has 0 bridgehead atoms. The highest BCUT2D eigenvalue weighted by atomic mass is 16.6. The number of likely N-dealkylation sites (tertiary alicyclic amines) is 1. The van der Waals surface area contributed by atoms with Crippen LogP contribution in [0, 0.1) is 0 Å². The minimum Gasteiger partial charge on any atom is -0.439 e. The van der Waals surface area contributed by atoms with Crippen LogP contribution in [0.1, 0.15) is 12.8 Å². The predicted octanol–water partition coefficient (Wildman–Crippen LogP) is 0.0548. The first-order valence-electron chi connectivity index (χ1n) is 7.69. The molecule has 0 saturated carbocycles. The standard InChI is InChI=1S/C15H19N5O4/c1-16-13(21)10-24-14(22)19-8-6-15(23,7-9-19)20-12-5-3-2-4-11(12)17-18-20/h2-5,23H,6-10H2,1H3,(H,16,21). The number of hydrogen-bond acceptors (Lipinski definition) is 6. The highest BCUT2D eigenvalue weighted by molar-refractivity contribution is 5.79. The van der Waals surface area contributed by atoms with Gasteiger partial charge in [0.1, 0.15) is 5.52 Å². The molecule has 2 amide bonds. The van der Waals surface area contributed by atoms with Crippen molar-refractivity contribution >= 4 is 23.0 Å². The van der Waals surface area contributed by atoms with Crippen LogP contribution in [-0.2, 0) is 15.3 Å². The van der Waals surface area contributed by atoms with Crippen LogP contribution in [0.4, 0.5) is 4.79 Å². The highest BCUT2D eigenvalue weighted by Crippen LogP contribution is 2.29. The summed E-state index contributed by atoms with van der Waals surface area (Å²) >= 11 is 0. The van der Waals surface area contributed by atoms with Crippen molar-refractivity contribution in [1.82, 2.24) is 25.2 Å². The van der Waals surface area contributed by atoms with E-state index in [1.807, 2.05) is 24.3 Å². The maximum Gasteiger partial charge on any atom is 0.410 e. The average molecular weight is 333 g/mol. The van der Waals surface area contributed by atoms with Crippen LogP contribution in [0.2, 0.25) is 0 Å². The third-order valence-electron chi connectivity index (χ3n) is 4.17. The molecular formula is C15H19N5O4. The quantitative estimate of drug-likeness (QED) is 0.822. The van der Waals surface area contributed by atoms with Gasteiger partial charge in [-0.2, -0.15) is 0 Å². The number of ether oxygens (including phenoxy) is 1. The second-order valence-corrected chi connectivity index (χ2v) is 5.69. The number of nitrogens with zero attached hydrogens (tertiary/aromatic N) is 4. The van der Waals surface area contributed by atoms with E-state index in [4.69, 9.17) is 4.74 Å². The summed E-state index contributed by atoms with van der Waals surface area (Å²) in [7, 11) is 1.47. The Morgan fingerprint density at radius 2 is 2.04 bits per heavy atom. The minimum absolute atomic E-state index is 0.301. The molecule has 2 heterocycles. The van der Waals surface area contributed by atoms with Crippen LogP contribution in [0.25, 0.3) is 11.0 Å². The minimum atomic E-state index is -1.20. The van der Waals surface area contributed by atoms with Crippen molar-refractivity contribution < 1.29 is 19.4 Å². The molecule has 2 aromatic rings. The number of likely N-dealkylation sites (N-methyl/N-ethyl adjacent to an activating group) is 1. The fraction of sp³-hybridized carbons (Fsp3) is 0.467. The maximum absolute atomic E-state index is 11.9. The number of aromatic nitrogens is 3. The molecule has 1 aromatic carbocycles. The topological polar surface area (TPSA) is 110 Å². The molecule has 128 valence electrons. The van der Waals surface area contributed by atoms with Crippen LogP contribution >= 0.6 is 0 Å². The smallest absolute Gasteiger partial charge is 0.410 e. The van der Waals surface area contributed by atoms with E-state index in [9.17, 15) is 14.7 Å². The van der Waals surface area contributed by atoms with Crippen LogP contribution in [0.15, 0.2) is 24.3 Å². The van der Waals surface area contributed by atoms with Crippen molar-refractivity contribution in [3.63, 3.8) is 0 Å². The van der Waals surface area contributed by atoms with Crippen molar-refractivity contribution in [3.05, 3.63) is 24.3 Å². The van der Waals surface area contributed by atoms with Gasteiger partial charge in [-0.1, -0.05) is 17.3 Å². The Kier molecular flexibility index (Phi) is 4.34. The Balaban J connectivity index is 1.65. The molecule has 9 heteroatoms. The Hall–Kier alpha value is -2.68. The van der Waals surface area contributed by atoms with E-state index >= 15 is 0 Å². The Morgan fingerprint density at radius 3 is 2.75 bits per heavy atom. The number of hydrogen-bond donors (Lipinski definition) is 2. The van der Waals surface area contributed by atoms with E-state index < -0.39 is 11.8 Å². The molecule has 1 aromatic heterocycles. The molecule has 9 nitrogen and oxygen atoms in total. The number of carbonyl (C=O) groups is 2. The molecule has 0 spiro atoms. The van der Waals surface area contributed by atoms with Gasteiger partial charge in [-0.15, -0.1) is 5.10 Å². The third-order valence-corrected chi connectivity index (χ3v) is 4.17. The van der Waals surface area contributed by atoms with E-state index in [0.717, 1.165) is 5.52 Å². The molecule has 24 heavy (non-hydrogen) atoms. The van der Waals surface area contributed by atoms with Crippen molar-refractivity contribution in [3.8, 4) is 0 Å². The number of benzene rings is 1. The van der Waals surface area contributed by atoms with E-state index in [1.165, 1.54) is 16.6 Å². The second-order valence-electron chi connectivity index (χ2n) is 5.69. The van der Waals surface area contributed by atoms with Gasteiger partial charge in [0.15, 0.2) is 12.3 Å². The Morgan fingerprint density at radius 1 is 1.33 bits per heavy atom. The Bertz CT molecular complexity index is 751. The summed E-state index contributed by atoms with van der Waals surface area (Å²) < 4.78 is 6.43. The van der Waals surface area contributed by atoms with Crippen molar-refractivity contribution in [1.29, 1.82) is 0 Å². The molecule has 2 N–H and O–H groups in total. The summed E-state index contributed by atoms with van der Waals surface area (Å²) in [5.74, 6) is -0.369. The average Bonchev–Trinajstić information content (AvgIpc) is 3.05. The number of amides is 2. The molecule has 1 aliphatic heterocycles. The van der Waals surface area contributed by atoms with Gasteiger partial charge < -0.3 is 20.1 Å². The molecular weight excluding hydrogens is 314 g/mol. The molecule has 3 rings (SSSR count). The summed E-state index contributed by atoms with van der Waals surface area (Å²) in [6.45, 7) is 0.290. The Labute approximate surface area is 138 Å². The zero-order chi connectivity index (χ0) is 17.2. The number of piperidine rings is 1. The van der Waals surface area contributed by atoms with Gasteiger partial charge in [-0.25, -0.2) is 9.48 Å². The van der Waals surface area contributed by atoms with Gasteiger partial charge in [0.25, 0.3) is 5.91 Å². The van der Waals surface area contributed by atoms with Gasteiger partial charge >= 0.3 is 6.09 Å². The normalized spacial score (nSPS) is 16.8. The number of carbonyl (C=O) groups excluding carboxylic acids is 2. The fourth-order valence-electron chi connectivity index (χ4n) is 2.73. The summed E-state index contributed by atoms with van der Waals surface area (Å²) in [5, 5.41) is 21.4. The van der Waals surface area contributed by atoms with E-state index in [1.54, 1.807) is 0 Å². The molecule has 0 atom stereocenters.